The van der Waals surface area contributed by atoms with Crippen molar-refractivity contribution in [3.8, 4) is 0 Å². The molecule has 2 N–H and O–H groups in total. The van der Waals surface area contributed by atoms with Crippen LogP contribution in [0.1, 0.15) is 37.1 Å². The molecule has 0 bridgehead atoms. The zero-order chi connectivity index (χ0) is 15.6. The second-order valence-electron chi connectivity index (χ2n) is 5.51. The first-order chi connectivity index (χ1) is 9.82. The summed E-state index contributed by atoms with van der Waals surface area (Å²) < 4.78 is 39.0. The largest absolute Gasteiger partial charge is 0.391 e. The third kappa shape index (κ3) is 4.12. The van der Waals surface area contributed by atoms with Crippen LogP contribution in [-0.4, -0.2) is 30.2 Å². The Hall–Kier alpha value is -0.300. The zero-order valence-corrected chi connectivity index (χ0v) is 13.4. The lowest BCUT2D eigenvalue weighted by atomic mass is 9.93. The normalized spacial score (nSPS) is 21.4. The van der Waals surface area contributed by atoms with Gasteiger partial charge in [-0.3, -0.25) is 4.90 Å². The van der Waals surface area contributed by atoms with Gasteiger partial charge in [0, 0.05) is 10.9 Å². The molecule has 2 atom stereocenters. The summed E-state index contributed by atoms with van der Waals surface area (Å²) in [5, 5.41) is 0. The van der Waals surface area contributed by atoms with E-state index < -0.39 is 12.1 Å². The van der Waals surface area contributed by atoms with E-state index in [-0.39, 0.29) is 24.9 Å². The van der Waals surface area contributed by atoms with Crippen molar-refractivity contribution in [2.45, 2.75) is 44.4 Å². The summed E-state index contributed by atoms with van der Waals surface area (Å²) in [6, 6.07) is 3.62. The number of nitrogens with zero attached hydrogens (tertiary/aromatic N) is 1. The lowest BCUT2D eigenvalue weighted by Gasteiger charge is -2.40. The molecule has 1 aromatic heterocycles. The Labute approximate surface area is 132 Å². The van der Waals surface area contributed by atoms with Crippen molar-refractivity contribution in [2.75, 3.05) is 13.1 Å². The lowest BCUT2D eigenvalue weighted by Crippen LogP contribution is -2.46. The van der Waals surface area contributed by atoms with E-state index in [2.05, 4.69) is 4.90 Å². The minimum Gasteiger partial charge on any atom is -0.326 e. The molecule has 2 heterocycles. The van der Waals surface area contributed by atoms with Gasteiger partial charge < -0.3 is 5.73 Å². The molecule has 1 saturated heterocycles. The summed E-state index contributed by atoms with van der Waals surface area (Å²) in [5.74, 6) is -1.18. The lowest BCUT2D eigenvalue weighted by molar-refractivity contribution is -0.186. The molecule has 1 aliphatic heterocycles. The van der Waals surface area contributed by atoms with E-state index in [0.717, 1.165) is 11.3 Å². The Morgan fingerprint density at radius 3 is 2.43 bits per heavy atom. The Kier molecular flexibility index (Phi) is 5.57. The van der Waals surface area contributed by atoms with Gasteiger partial charge in [-0.05, 0) is 44.5 Å². The summed E-state index contributed by atoms with van der Waals surface area (Å²) in [6.07, 6.45) is -3.01. The molecule has 7 heteroatoms. The van der Waals surface area contributed by atoms with Crippen LogP contribution >= 0.6 is 22.9 Å². The fourth-order valence-electron chi connectivity index (χ4n) is 2.88. The molecule has 0 amide bonds. The van der Waals surface area contributed by atoms with Crippen LogP contribution < -0.4 is 5.73 Å². The molecule has 2 rings (SSSR count). The van der Waals surface area contributed by atoms with Crippen LogP contribution in [0.3, 0.4) is 0 Å². The third-order valence-electron chi connectivity index (χ3n) is 4.15. The molecular formula is C14H20ClF3N2S. The van der Waals surface area contributed by atoms with Gasteiger partial charge in [0.15, 0.2) is 0 Å². The van der Waals surface area contributed by atoms with Crippen molar-refractivity contribution < 1.29 is 13.2 Å². The number of likely N-dealkylation sites (tertiary alicyclic amines) is 1. The van der Waals surface area contributed by atoms with Crippen LogP contribution in [0, 0.1) is 5.92 Å². The van der Waals surface area contributed by atoms with Crippen molar-refractivity contribution in [2.24, 2.45) is 11.7 Å². The van der Waals surface area contributed by atoms with E-state index in [0.29, 0.717) is 17.4 Å². The highest BCUT2D eigenvalue weighted by atomic mass is 35.5. The highest BCUT2D eigenvalue weighted by molar-refractivity contribution is 7.16. The molecule has 1 aromatic rings. The van der Waals surface area contributed by atoms with Crippen molar-refractivity contribution in [1.82, 2.24) is 4.90 Å². The molecule has 0 spiro atoms. The van der Waals surface area contributed by atoms with Gasteiger partial charge in [0.2, 0.25) is 0 Å². The standard InChI is InChI=1S/C14H20ClF3N2S/c1-2-10(19)13(11-3-4-12(15)21-11)20-7-5-9(6-8-20)14(16,17)18/h3-4,9-10,13H,2,5-8,19H2,1H3. The van der Waals surface area contributed by atoms with E-state index in [1.807, 2.05) is 19.1 Å². The average molecular weight is 341 g/mol. The smallest absolute Gasteiger partial charge is 0.326 e. The SMILES string of the molecule is CCC(N)C(c1ccc(Cl)s1)N1CCC(C(F)(F)F)CC1. The summed E-state index contributed by atoms with van der Waals surface area (Å²) in [7, 11) is 0. The molecule has 21 heavy (non-hydrogen) atoms. The van der Waals surface area contributed by atoms with Crippen LogP contribution in [-0.2, 0) is 0 Å². The van der Waals surface area contributed by atoms with Crippen molar-refractivity contribution in [1.29, 1.82) is 0 Å². The Morgan fingerprint density at radius 1 is 1.38 bits per heavy atom. The Balaban J connectivity index is 2.09. The number of alkyl halides is 3. The first-order valence-electron chi connectivity index (χ1n) is 7.14. The van der Waals surface area contributed by atoms with E-state index in [1.54, 1.807) is 0 Å². The van der Waals surface area contributed by atoms with Gasteiger partial charge in [-0.25, -0.2) is 0 Å². The average Bonchev–Trinajstić information content (AvgIpc) is 2.84. The number of halogens is 4. The predicted molar refractivity (Wildman–Crippen MR) is 80.7 cm³/mol. The second kappa shape index (κ2) is 6.86. The van der Waals surface area contributed by atoms with Gasteiger partial charge in [0.1, 0.15) is 0 Å². The predicted octanol–water partition coefficient (Wildman–Crippen LogP) is 4.45. The minimum atomic E-state index is -4.08. The molecule has 2 unspecified atom stereocenters. The fraction of sp³-hybridized carbons (Fsp3) is 0.714. The number of nitrogens with two attached hydrogens (primary N) is 1. The maximum absolute atomic E-state index is 12.8. The zero-order valence-electron chi connectivity index (χ0n) is 11.9. The Bertz CT molecular complexity index is 455. The van der Waals surface area contributed by atoms with Gasteiger partial charge >= 0.3 is 6.18 Å². The number of rotatable bonds is 4. The third-order valence-corrected chi connectivity index (χ3v) is 5.45. The molecule has 0 radical (unpaired) electrons. The molecule has 0 aliphatic carbocycles. The second-order valence-corrected chi connectivity index (χ2v) is 7.26. The van der Waals surface area contributed by atoms with Crippen LogP contribution in [0.15, 0.2) is 12.1 Å². The molecule has 0 aromatic carbocycles. The maximum Gasteiger partial charge on any atom is 0.391 e. The summed E-state index contributed by atoms with van der Waals surface area (Å²) in [4.78, 5) is 3.12. The quantitative estimate of drug-likeness (QED) is 0.877. The van der Waals surface area contributed by atoms with E-state index in [9.17, 15) is 13.2 Å². The number of hydrogen-bond donors (Lipinski definition) is 1. The van der Waals surface area contributed by atoms with E-state index >= 15 is 0 Å². The minimum absolute atomic E-state index is 0.0401. The number of thiophene rings is 1. The maximum atomic E-state index is 12.8. The highest BCUT2D eigenvalue weighted by Crippen LogP contribution is 2.39. The topological polar surface area (TPSA) is 29.3 Å². The molecular weight excluding hydrogens is 321 g/mol. The van der Waals surface area contributed by atoms with Crippen LogP contribution in [0.5, 0.6) is 0 Å². The first kappa shape index (κ1) is 17.1. The van der Waals surface area contributed by atoms with Crippen molar-refractivity contribution >= 4 is 22.9 Å². The monoisotopic (exact) mass is 340 g/mol. The molecule has 120 valence electrons. The highest BCUT2D eigenvalue weighted by Gasteiger charge is 2.42. The number of piperidine rings is 1. The van der Waals surface area contributed by atoms with Gasteiger partial charge in [-0.1, -0.05) is 18.5 Å². The van der Waals surface area contributed by atoms with Crippen LogP contribution in [0.25, 0.3) is 0 Å². The molecule has 1 fully saturated rings. The Morgan fingerprint density at radius 2 is 2.00 bits per heavy atom. The van der Waals surface area contributed by atoms with Crippen LogP contribution in [0.4, 0.5) is 13.2 Å². The molecule has 0 saturated carbocycles. The van der Waals surface area contributed by atoms with E-state index in [4.69, 9.17) is 17.3 Å². The van der Waals surface area contributed by atoms with Gasteiger partial charge in [0.05, 0.1) is 16.3 Å². The first-order valence-corrected chi connectivity index (χ1v) is 8.34. The van der Waals surface area contributed by atoms with Crippen molar-refractivity contribution in [3.05, 3.63) is 21.3 Å². The van der Waals surface area contributed by atoms with Gasteiger partial charge in [-0.15, -0.1) is 11.3 Å². The fourth-order valence-corrected chi connectivity index (χ4v) is 4.15. The van der Waals surface area contributed by atoms with Crippen LogP contribution in [0.2, 0.25) is 4.34 Å². The number of hydrogen-bond acceptors (Lipinski definition) is 3. The summed E-state index contributed by atoms with van der Waals surface area (Å²) >= 11 is 7.45. The molecule has 2 nitrogen and oxygen atoms in total. The van der Waals surface area contributed by atoms with Crippen molar-refractivity contribution in [3.63, 3.8) is 0 Å². The van der Waals surface area contributed by atoms with Gasteiger partial charge in [0.25, 0.3) is 0 Å². The molecule has 1 aliphatic rings. The van der Waals surface area contributed by atoms with Gasteiger partial charge in [-0.2, -0.15) is 13.2 Å². The van der Waals surface area contributed by atoms with E-state index in [1.165, 1.54) is 11.3 Å². The summed E-state index contributed by atoms with van der Waals surface area (Å²) in [5.41, 5.74) is 6.21. The summed E-state index contributed by atoms with van der Waals surface area (Å²) in [6.45, 7) is 2.85.